The SMILES string of the molecule is CCCC[C@@]1(CC)CN(c2ccc(F)cc2)c2cc(SC)c(OCC(C)(C)C(=O)O)cc2S(=O)(=O)C1. The molecule has 3 rings (SSSR count). The van der Waals surface area contributed by atoms with E-state index in [4.69, 9.17) is 4.74 Å². The van der Waals surface area contributed by atoms with Gasteiger partial charge in [0.05, 0.1) is 26.6 Å². The van der Waals surface area contributed by atoms with Crippen LogP contribution < -0.4 is 9.64 Å². The molecule has 2 aromatic rings. The van der Waals surface area contributed by atoms with E-state index in [0.29, 0.717) is 29.3 Å². The first kappa shape index (κ1) is 28.3. The molecule has 0 saturated heterocycles. The fourth-order valence-corrected chi connectivity index (χ4v) is 7.20. The van der Waals surface area contributed by atoms with Crippen LogP contribution in [0.25, 0.3) is 0 Å². The average Bonchev–Trinajstić information content (AvgIpc) is 2.93. The molecule has 1 aliphatic rings. The number of carboxylic acids is 1. The number of rotatable bonds is 10. The minimum absolute atomic E-state index is 0.000131. The summed E-state index contributed by atoms with van der Waals surface area (Å²) >= 11 is 1.40. The van der Waals surface area contributed by atoms with Gasteiger partial charge in [0, 0.05) is 23.7 Å². The smallest absolute Gasteiger partial charge is 0.312 e. The zero-order valence-corrected chi connectivity index (χ0v) is 23.3. The third-order valence-corrected chi connectivity index (χ3v) is 9.73. The Morgan fingerprint density at radius 2 is 1.89 bits per heavy atom. The molecule has 0 bridgehead atoms. The summed E-state index contributed by atoms with van der Waals surface area (Å²) in [5, 5.41) is 9.48. The van der Waals surface area contributed by atoms with Gasteiger partial charge in [-0.2, -0.15) is 0 Å². The molecule has 0 amide bonds. The van der Waals surface area contributed by atoms with Gasteiger partial charge in [-0.15, -0.1) is 11.8 Å². The molecular weight excluding hydrogens is 501 g/mol. The van der Waals surface area contributed by atoms with E-state index < -0.39 is 26.6 Å². The highest BCUT2D eigenvalue weighted by Crippen LogP contribution is 2.47. The Labute approximate surface area is 218 Å². The van der Waals surface area contributed by atoms with Crippen molar-refractivity contribution in [1.29, 1.82) is 0 Å². The van der Waals surface area contributed by atoms with Crippen molar-refractivity contribution in [1.82, 2.24) is 0 Å². The highest BCUT2D eigenvalue weighted by molar-refractivity contribution is 7.98. The molecule has 1 aliphatic heterocycles. The zero-order valence-electron chi connectivity index (χ0n) is 21.6. The molecule has 9 heteroatoms. The highest BCUT2D eigenvalue weighted by Gasteiger charge is 2.42. The maximum Gasteiger partial charge on any atom is 0.312 e. The third kappa shape index (κ3) is 5.99. The summed E-state index contributed by atoms with van der Waals surface area (Å²) in [6.07, 6.45) is 5.17. The minimum atomic E-state index is -3.72. The zero-order chi connectivity index (χ0) is 26.7. The van der Waals surface area contributed by atoms with Crippen LogP contribution in [0, 0.1) is 16.6 Å². The number of anilines is 2. The largest absolute Gasteiger partial charge is 0.491 e. The number of sulfone groups is 1. The van der Waals surface area contributed by atoms with Gasteiger partial charge >= 0.3 is 5.97 Å². The number of aliphatic carboxylic acids is 1. The van der Waals surface area contributed by atoms with Crippen LogP contribution in [-0.2, 0) is 14.6 Å². The van der Waals surface area contributed by atoms with Crippen molar-refractivity contribution in [2.75, 3.05) is 30.1 Å². The minimum Gasteiger partial charge on any atom is -0.491 e. The number of ether oxygens (including phenoxy) is 1. The van der Waals surface area contributed by atoms with Gasteiger partial charge in [0.2, 0.25) is 0 Å². The highest BCUT2D eigenvalue weighted by atomic mass is 32.2. The molecule has 0 radical (unpaired) electrons. The van der Waals surface area contributed by atoms with Crippen molar-refractivity contribution in [2.45, 2.75) is 63.2 Å². The number of nitrogens with zero attached hydrogens (tertiary/aromatic N) is 1. The number of hydrogen-bond donors (Lipinski definition) is 1. The second kappa shape index (κ2) is 11.0. The van der Waals surface area contributed by atoms with Gasteiger partial charge < -0.3 is 14.7 Å². The summed E-state index contributed by atoms with van der Waals surface area (Å²) in [7, 11) is -3.72. The van der Waals surface area contributed by atoms with Crippen LogP contribution >= 0.6 is 11.8 Å². The summed E-state index contributed by atoms with van der Waals surface area (Å²) < 4.78 is 47.5. The third-order valence-electron chi connectivity index (χ3n) is 6.98. The monoisotopic (exact) mass is 537 g/mol. The lowest BCUT2D eigenvalue weighted by Crippen LogP contribution is -2.37. The van der Waals surface area contributed by atoms with Crippen LogP contribution in [0.4, 0.5) is 15.8 Å². The maximum atomic E-state index is 13.9. The molecule has 198 valence electrons. The van der Waals surface area contributed by atoms with Crippen molar-refractivity contribution in [3.05, 3.63) is 42.2 Å². The molecule has 0 unspecified atom stereocenters. The standard InChI is InChI=1S/C27H36FNO5S2/c1-6-8-13-27(7-2)16-29(20-11-9-19(28)10-12-20)21-14-23(35-5)22(15-24(21)36(32,33)18-27)34-17-26(3,4)25(30)31/h9-12,14-15H,6-8,13,16-18H2,1-5H3,(H,30,31)/t27-/m0/s1. The van der Waals surface area contributed by atoms with Gasteiger partial charge in [0.1, 0.15) is 18.2 Å². The Kier molecular flexibility index (Phi) is 8.66. The molecule has 2 aromatic carbocycles. The number of halogens is 1. The van der Waals surface area contributed by atoms with E-state index in [1.165, 1.54) is 30.0 Å². The second-order valence-electron chi connectivity index (χ2n) is 10.2. The average molecular weight is 538 g/mol. The lowest BCUT2D eigenvalue weighted by Gasteiger charge is -2.36. The van der Waals surface area contributed by atoms with E-state index in [9.17, 15) is 22.7 Å². The van der Waals surface area contributed by atoms with Crippen LogP contribution in [0.2, 0.25) is 0 Å². The van der Waals surface area contributed by atoms with Crippen molar-refractivity contribution < 1.29 is 27.4 Å². The predicted octanol–water partition coefficient (Wildman–Crippen LogP) is 6.55. The van der Waals surface area contributed by atoms with Gasteiger partial charge in [-0.05, 0) is 63.3 Å². The molecule has 6 nitrogen and oxygen atoms in total. The number of benzene rings is 2. The number of hydrogen-bond acceptors (Lipinski definition) is 6. The van der Waals surface area contributed by atoms with Crippen molar-refractivity contribution >= 4 is 38.9 Å². The second-order valence-corrected chi connectivity index (χ2v) is 13.0. The Balaban J connectivity index is 2.21. The summed E-state index contributed by atoms with van der Waals surface area (Å²) in [5.41, 5.74) is -0.368. The molecule has 1 heterocycles. The number of carboxylic acid groups (broad SMARTS) is 1. The Morgan fingerprint density at radius 1 is 1.22 bits per heavy atom. The normalized spacial score (nSPS) is 19.4. The fraction of sp³-hybridized carbons (Fsp3) is 0.519. The number of carbonyl (C=O) groups is 1. The first-order valence-electron chi connectivity index (χ1n) is 12.2. The van der Waals surface area contributed by atoms with Gasteiger partial charge in [-0.3, -0.25) is 4.79 Å². The predicted molar refractivity (Wildman–Crippen MR) is 143 cm³/mol. The van der Waals surface area contributed by atoms with Gasteiger partial charge in [0.25, 0.3) is 0 Å². The van der Waals surface area contributed by atoms with Crippen molar-refractivity contribution in [3.63, 3.8) is 0 Å². The van der Waals surface area contributed by atoms with E-state index in [-0.39, 0.29) is 23.1 Å². The summed E-state index contributed by atoms with van der Waals surface area (Å²) in [5.74, 6) is -1.01. The van der Waals surface area contributed by atoms with Crippen LogP contribution in [0.1, 0.15) is 53.4 Å². The molecule has 0 saturated carbocycles. The van der Waals surface area contributed by atoms with Gasteiger partial charge in [-0.25, -0.2) is 12.8 Å². The first-order valence-corrected chi connectivity index (χ1v) is 15.1. The van der Waals surface area contributed by atoms with E-state index in [1.807, 2.05) is 18.1 Å². The van der Waals surface area contributed by atoms with Crippen molar-refractivity contribution in [3.8, 4) is 5.75 Å². The molecular formula is C27H36FNO5S2. The summed E-state index contributed by atoms with van der Waals surface area (Å²) in [6.45, 7) is 7.63. The lowest BCUT2D eigenvalue weighted by molar-refractivity contribution is -0.148. The molecule has 0 aliphatic carbocycles. The van der Waals surface area contributed by atoms with E-state index in [1.54, 1.807) is 32.0 Å². The number of unbranched alkanes of at least 4 members (excludes halogenated alkanes) is 1. The van der Waals surface area contributed by atoms with E-state index in [0.717, 1.165) is 24.9 Å². The van der Waals surface area contributed by atoms with Crippen LogP contribution in [0.3, 0.4) is 0 Å². The number of fused-ring (bicyclic) bond motifs is 1. The van der Waals surface area contributed by atoms with E-state index in [2.05, 4.69) is 6.92 Å². The molecule has 0 aromatic heterocycles. The first-order chi connectivity index (χ1) is 16.9. The van der Waals surface area contributed by atoms with Crippen LogP contribution in [-0.4, -0.2) is 44.7 Å². The molecule has 1 N–H and O–H groups in total. The van der Waals surface area contributed by atoms with Crippen LogP contribution in [0.5, 0.6) is 5.75 Å². The fourth-order valence-electron chi connectivity index (χ4n) is 4.47. The molecule has 36 heavy (non-hydrogen) atoms. The van der Waals surface area contributed by atoms with E-state index >= 15 is 0 Å². The molecule has 0 fully saturated rings. The molecule has 0 spiro atoms. The van der Waals surface area contributed by atoms with Crippen molar-refractivity contribution in [2.24, 2.45) is 10.8 Å². The van der Waals surface area contributed by atoms with Gasteiger partial charge in [0.15, 0.2) is 9.84 Å². The van der Waals surface area contributed by atoms with Gasteiger partial charge in [-0.1, -0.05) is 26.7 Å². The quantitative estimate of drug-likeness (QED) is 0.344. The Morgan fingerprint density at radius 3 is 2.44 bits per heavy atom. The topological polar surface area (TPSA) is 83.9 Å². The number of thioether (sulfide) groups is 1. The van der Waals surface area contributed by atoms with Crippen LogP contribution in [0.15, 0.2) is 46.2 Å². The Bertz CT molecular complexity index is 1200. The molecule has 1 atom stereocenters. The summed E-state index contributed by atoms with van der Waals surface area (Å²) in [4.78, 5) is 14.4. The Hall–Kier alpha value is -2.26. The maximum absolute atomic E-state index is 13.9. The summed E-state index contributed by atoms with van der Waals surface area (Å²) in [6, 6.07) is 9.46. The lowest BCUT2D eigenvalue weighted by atomic mass is 9.81.